The molecule has 23 heavy (non-hydrogen) atoms. The van der Waals surface area contributed by atoms with Crippen molar-refractivity contribution >= 4 is 11.8 Å². The van der Waals surface area contributed by atoms with Crippen LogP contribution in [0.15, 0.2) is 65.2 Å². The van der Waals surface area contributed by atoms with E-state index in [2.05, 4.69) is 15.8 Å². The normalized spacial score (nSPS) is 10.3. The maximum atomic E-state index is 12.8. The van der Waals surface area contributed by atoms with Crippen LogP contribution in [0.3, 0.4) is 0 Å². The molecule has 2 N–H and O–H groups in total. The van der Waals surface area contributed by atoms with Crippen LogP contribution in [0.2, 0.25) is 0 Å². The summed E-state index contributed by atoms with van der Waals surface area (Å²) in [5.74, 6) is 0.578. The first-order valence-electron chi connectivity index (χ1n) is 7.02. The molecule has 2 amide bonds. The van der Waals surface area contributed by atoms with Gasteiger partial charge < -0.3 is 9.84 Å². The third kappa shape index (κ3) is 3.94. The Labute approximate surface area is 132 Å². The Morgan fingerprint density at radius 2 is 1.83 bits per heavy atom. The van der Waals surface area contributed by atoms with E-state index in [1.54, 1.807) is 18.2 Å². The highest BCUT2D eigenvalue weighted by Gasteiger charge is 2.09. The van der Waals surface area contributed by atoms with Crippen LogP contribution >= 0.6 is 0 Å². The van der Waals surface area contributed by atoms with E-state index in [1.165, 1.54) is 12.1 Å². The molecule has 0 fully saturated rings. The summed E-state index contributed by atoms with van der Waals surface area (Å²) in [5.41, 5.74) is 1.67. The van der Waals surface area contributed by atoms with Crippen molar-refractivity contribution in [3.63, 3.8) is 0 Å². The molecule has 1 heterocycles. The molecule has 0 aliphatic rings. The molecule has 6 heteroatoms. The minimum atomic E-state index is -0.415. The Bertz CT molecular complexity index is 785. The summed E-state index contributed by atoms with van der Waals surface area (Å²) < 4.78 is 18.0. The molecule has 0 radical (unpaired) electrons. The van der Waals surface area contributed by atoms with Gasteiger partial charge in [0.2, 0.25) is 0 Å². The lowest BCUT2D eigenvalue weighted by Gasteiger charge is -2.05. The van der Waals surface area contributed by atoms with Gasteiger partial charge in [0, 0.05) is 18.2 Å². The summed E-state index contributed by atoms with van der Waals surface area (Å²) in [7, 11) is 0. The Morgan fingerprint density at radius 3 is 2.57 bits per heavy atom. The number of urea groups is 1. The lowest BCUT2D eigenvalue weighted by molar-refractivity contribution is 0.251. The lowest BCUT2D eigenvalue weighted by atomic mass is 10.2. The number of nitrogens with one attached hydrogen (secondary N) is 2. The van der Waals surface area contributed by atoms with E-state index < -0.39 is 6.03 Å². The molecule has 5 nitrogen and oxygen atoms in total. The molecule has 3 rings (SSSR count). The van der Waals surface area contributed by atoms with Crippen LogP contribution in [0.25, 0.3) is 11.3 Å². The van der Waals surface area contributed by atoms with Gasteiger partial charge in [0.15, 0.2) is 11.6 Å². The summed E-state index contributed by atoms with van der Waals surface area (Å²) in [6.45, 7) is 0.287. The van der Waals surface area contributed by atoms with E-state index >= 15 is 0 Å². The zero-order valence-electron chi connectivity index (χ0n) is 12.1. The molecule has 0 bridgehead atoms. The van der Waals surface area contributed by atoms with Crippen LogP contribution in [0.1, 0.15) is 5.56 Å². The van der Waals surface area contributed by atoms with Gasteiger partial charge in [-0.15, -0.1) is 0 Å². The van der Waals surface area contributed by atoms with Gasteiger partial charge in [0.25, 0.3) is 0 Å². The molecule has 0 saturated carbocycles. The van der Waals surface area contributed by atoms with Crippen LogP contribution in [0.5, 0.6) is 0 Å². The minimum Gasteiger partial charge on any atom is -0.354 e. The molecule has 0 aliphatic heterocycles. The molecular weight excluding hydrogens is 297 g/mol. The van der Waals surface area contributed by atoms with Crippen molar-refractivity contribution in [2.75, 3.05) is 5.32 Å². The van der Waals surface area contributed by atoms with Crippen molar-refractivity contribution in [1.82, 2.24) is 10.5 Å². The van der Waals surface area contributed by atoms with Crippen LogP contribution in [0.4, 0.5) is 15.0 Å². The second kappa shape index (κ2) is 6.74. The van der Waals surface area contributed by atoms with Crippen LogP contribution in [-0.4, -0.2) is 11.2 Å². The van der Waals surface area contributed by atoms with E-state index in [4.69, 9.17) is 4.52 Å². The summed E-state index contributed by atoms with van der Waals surface area (Å²) >= 11 is 0. The van der Waals surface area contributed by atoms with Crippen molar-refractivity contribution in [3.8, 4) is 11.3 Å². The predicted octanol–water partition coefficient (Wildman–Crippen LogP) is 3.80. The first-order valence-corrected chi connectivity index (χ1v) is 7.02. The Morgan fingerprint density at radius 1 is 1.09 bits per heavy atom. The molecule has 3 aromatic rings. The second-order valence-corrected chi connectivity index (χ2v) is 4.88. The highest BCUT2D eigenvalue weighted by atomic mass is 19.1. The monoisotopic (exact) mass is 311 g/mol. The highest BCUT2D eigenvalue weighted by Crippen LogP contribution is 2.21. The van der Waals surface area contributed by atoms with Crippen molar-refractivity contribution in [2.45, 2.75) is 6.54 Å². The lowest BCUT2D eigenvalue weighted by Crippen LogP contribution is -2.28. The molecule has 0 atom stereocenters. The summed E-state index contributed by atoms with van der Waals surface area (Å²) in [4.78, 5) is 11.8. The fourth-order valence-electron chi connectivity index (χ4n) is 2.02. The average molecular weight is 311 g/mol. The molecule has 0 aliphatic carbocycles. The van der Waals surface area contributed by atoms with Gasteiger partial charge in [-0.3, -0.25) is 5.32 Å². The standard InChI is InChI=1S/C17H14FN3O2/c18-14-8-6-12(7-9-14)11-19-17(22)20-16-10-15(23-21-16)13-4-2-1-3-5-13/h1-10H,11H2,(H2,19,20,21,22). The van der Waals surface area contributed by atoms with Crippen molar-refractivity contribution in [3.05, 3.63) is 72.0 Å². The molecule has 2 aromatic carbocycles. The predicted molar refractivity (Wildman–Crippen MR) is 84.2 cm³/mol. The number of halogens is 1. The topological polar surface area (TPSA) is 67.2 Å². The SMILES string of the molecule is O=C(NCc1ccc(F)cc1)Nc1cc(-c2ccccc2)on1. The molecule has 116 valence electrons. The number of amides is 2. The second-order valence-electron chi connectivity index (χ2n) is 4.88. The quantitative estimate of drug-likeness (QED) is 0.770. The summed E-state index contributed by atoms with van der Waals surface area (Å²) in [6.07, 6.45) is 0. The maximum absolute atomic E-state index is 12.8. The molecular formula is C17H14FN3O2. The van der Waals surface area contributed by atoms with Crippen molar-refractivity contribution < 1.29 is 13.7 Å². The Balaban J connectivity index is 1.56. The first-order chi connectivity index (χ1) is 11.2. The zero-order chi connectivity index (χ0) is 16.1. The summed E-state index contributed by atoms with van der Waals surface area (Å²) in [5, 5.41) is 9.05. The van der Waals surface area contributed by atoms with Gasteiger partial charge in [-0.2, -0.15) is 0 Å². The number of nitrogens with zero attached hydrogens (tertiary/aromatic N) is 1. The number of rotatable bonds is 4. The van der Waals surface area contributed by atoms with Gasteiger partial charge in [-0.1, -0.05) is 47.6 Å². The fraction of sp³-hybridized carbons (Fsp3) is 0.0588. The van der Waals surface area contributed by atoms with Crippen LogP contribution < -0.4 is 10.6 Å². The van der Waals surface area contributed by atoms with E-state index in [9.17, 15) is 9.18 Å². The van der Waals surface area contributed by atoms with E-state index in [1.807, 2.05) is 30.3 Å². The number of benzene rings is 2. The Kier molecular flexibility index (Phi) is 4.33. The number of carbonyl (C=O) groups is 1. The highest BCUT2D eigenvalue weighted by molar-refractivity contribution is 5.88. The van der Waals surface area contributed by atoms with Crippen molar-refractivity contribution in [1.29, 1.82) is 0 Å². The third-order valence-corrected chi connectivity index (χ3v) is 3.18. The molecule has 0 spiro atoms. The molecule has 1 aromatic heterocycles. The number of hydrogen-bond acceptors (Lipinski definition) is 3. The van der Waals surface area contributed by atoms with E-state index in [-0.39, 0.29) is 12.4 Å². The van der Waals surface area contributed by atoms with Gasteiger partial charge in [0.05, 0.1) is 0 Å². The van der Waals surface area contributed by atoms with E-state index in [0.717, 1.165) is 11.1 Å². The largest absolute Gasteiger partial charge is 0.354 e. The van der Waals surface area contributed by atoms with Crippen LogP contribution in [-0.2, 0) is 6.54 Å². The maximum Gasteiger partial charge on any atom is 0.320 e. The number of anilines is 1. The molecule has 0 saturated heterocycles. The third-order valence-electron chi connectivity index (χ3n) is 3.18. The van der Waals surface area contributed by atoms with Crippen molar-refractivity contribution in [2.24, 2.45) is 0 Å². The first kappa shape index (κ1) is 14.8. The van der Waals surface area contributed by atoms with Crippen LogP contribution in [0, 0.1) is 5.82 Å². The average Bonchev–Trinajstić information content (AvgIpc) is 3.04. The smallest absolute Gasteiger partial charge is 0.320 e. The summed E-state index contributed by atoms with van der Waals surface area (Å²) in [6, 6.07) is 16.6. The van der Waals surface area contributed by atoms with Gasteiger partial charge in [0.1, 0.15) is 5.82 Å². The Hall–Kier alpha value is -3.15. The zero-order valence-corrected chi connectivity index (χ0v) is 12.1. The molecule has 0 unspecified atom stereocenters. The number of aromatic nitrogens is 1. The minimum absolute atomic E-state index is 0.287. The number of hydrogen-bond donors (Lipinski definition) is 2. The number of carbonyl (C=O) groups excluding carboxylic acids is 1. The van der Waals surface area contributed by atoms with Gasteiger partial charge in [-0.05, 0) is 17.7 Å². The van der Waals surface area contributed by atoms with E-state index in [0.29, 0.717) is 11.6 Å². The fourth-order valence-corrected chi connectivity index (χ4v) is 2.02. The van der Waals surface area contributed by atoms with Gasteiger partial charge in [-0.25, -0.2) is 9.18 Å². The van der Waals surface area contributed by atoms with Gasteiger partial charge >= 0.3 is 6.03 Å².